The van der Waals surface area contributed by atoms with Crippen LogP contribution >= 0.6 is 11.3 Å². The number of aryl methyl sites for hydroxylation is 1. The third-order valence-corrected chi connectivity index (χ3v) is 4.48. The molecule has 0 radical (unpaired) electrons. The fourth-order valence-corrected chi connectivity index (χ4v) is 3.13. The van der Waals surface area contributed by atoms with Crippen molar-refractivity contribution in [2.75, 3.05) is 26.3 Å². The van der Waals surface area contributed by atoms with Crippen molar-refractivity contribution in [1.29, 1.82) is 0 Å². The molecule has 2 heterocycles. The molecule has 0 aromatic carbocycles. The molecule has 0 aliphatic carbocycles. The Morgan fingerprint density at radius 1 is 1.47 bits per heavy atom. The predicted molar refractivity (Wildman–Crippen MR) is 75.3 cm³/mol. The van der Waals surface area contributed by atoms with Gasteiger partial charge in [0.1, 0.15) is 0 Å². The highest BCUT2D eigenvalue weighted by molar-refractivity contribution is 7.09. The lowest BCUT2D eigenvalue weighted by Gasteiger charge is -2.30. The van der Waals surface area contributed by atoms with Crippen molar-refractivity contribution in [1.82, 2.24) is 15.2 Å². The van der Waals surface area contributed by atoms with Crippen LogP contribution in [0.25, 0.3) is 0 Å². The molecule has 5 nitrogen and oxygen atoms in total. The Balaban J connectivity index is 1.91. The van der Waals surface area contributed by atoms with Crippen LogP contribution in [0.1, 0.15) is 30.5 Å². The quantitative estimate of drug-likeness (QED) is 0.906. The third kappa shape index (κ3) is 3.52. The van der Waals surface area contributed by atoms with Crippen molar-refractivity contribution in [2.24, 2.45) is 0 Å². The third-order valence-electron chi connectivity index (χ3n) is 3.37. The van der Waals surface area contributed by atoms with Crippen molar-refractivity contribution in [3.63, 3.8) is 0 Å². The van der Waals surface area contributed by atoms with Crippen molar-refractivity contribution >= 4 is 17.2 Å². The molecule has 1 aliphatic heterocycles. The summed E-state index contributed by atoms with van der Waals surface area (Å²) in [5.41, 5.74) is 2.88. The minimum absolute atomic E-state index is 0.146. The van der Waals surface area contributed by atoms with Crippen molar-refractivity contribution in [3.8, 4) is 0 Å². The van der Waals surface area contributed by atoms with Crippen LogP contribution in [0.3, 0.4) is 0 Å². The lowest BCUT2D eigenvalue weighted by Crippen LogP contribution is -2.49. The first-order valence-electron chi connectivity index (χ1n) is 6.62. The number of nitrogens with one attached hydrogen (secondary N) is 1. The topological polar surface area (TPSA) is 54.5 Å². The van der Waals surface area contributed by atoms with Gasteiger partial charge in [-0.25, -0.2) is 4.98 Å². The van der Waals surface area contributed by atoms with E-state index in [1.807, 2.05) is 24.3 Å². The molecular formula is C13H21N3O2S. The maximum absolute atomic E-state index is 12.3. The Labute approximate surface area is 118 Å². The zero-order valence-corrected chi connectivity index (χ0v) is 12.5. The number of amides is 1. The highest BCUT2D eigenvalue weighted by atomic mass is 32.1. The molecule has 0 saturated carbocycles. The fourth-order valence-electron chi connectivity index (χ4n) is 2.31. The van der Waals surface area contributed by atoms with Gasteiger partial charge in [0.15, 0.2) is 0 Å². The Kier molecular flexibility index (Phi) is 4.90. The number of morpholine rings is 1. The van der Waals surface area contributed by atoms with Crippen LogP contribution in [-0.2, 0) is 9.53 Å². The largest absolute Gasteiger partial charge is 0.378 e. The van der Waals surface area contributed by atoms with Crippen LogP contribution in [0.4, 0.5) is 0 Å². The molecule has 2 rings (SSSR count). The Bertz CT molecular complexity index is 429. The lowest BCUT2D eigenvalue weighted by atomic mass is 10.2. The Morgan fingerprint density at radius 3 is 2.74 bits per heavy atom. The molecule has 0 spiro atoms. The average molecular weight is 283 g/mol. The summed E-state index contributed by atoms with van der Waals surface area (Å²) in [7, 11) is 0. The zero-order valence-electron chi connectivity index (χ0n) is 11.7. The molecular weight excluding hydrogens is 262 g/mol. The van der Waals surface area contributed by atoms with Gasteiger partial charge < -0.3 is 9.64 Å². The highest BCUT2D eigenvalue weighted by Crippen LogP contribution is 2.21. The van der Waals surface area contributed by atoms with E-state index in [1.54, 1.807) is 11.3 Å². The van der Waals surface area contributed by atoms with Gasteiger partial charge >= 0.3 is 0 Å². The molecule has 1 amide bonds. The van der Waals surface area contributed by atoms with Gasteiger partial charge in [-0.2, -0.15) is 0 Å². The maximum Gasteiger partial charge on any atom is 0.239 e. The van der Waals surface area contributed by atoms with Crippen LogP contribution in [0, 0.1) is 6.92 Å². The number of aromatic nitrogens is 1. The summed E-state index contributed by atoms with van der Waals surface area (Å²) in [5.74, 6) is 0.150. The van der Waals surface area contributed by atoms with Gasteiger partial charge in [0.05, 0.1) is 30.5 Å². The summed E-state index contributed by atoms with van der Waals surface area (Å²) in [4.78, 5) is 19.6. The Morgan fingerprint density at radius 2 is 2.16 bits per heavy atom. The summed E-state index contributed by atoms with van der Waals surface area (Å²) >= 11 is 1.63. The summed E-state index contributed by atoms with van der Waals surface area (Å²) in [5, 5.41) is 3.36. The van der Waals surface area contributed by atoms with E-state index < -0.39 is 0 Å². The number of nitrogens with zero attached hydrogens (tertiary/aromatic N) is 2. The highest BCUT2D eigenvalue weighted by Gasteiger charge is 2.24. The number of hydrogen-bond donors (Lipinski definition) is 1. The summed E-state index contributed by atoms with van der Waals surface area (Å²) in [6.45, 7) is 8.66. The molecule has 2 unspecified atom stereocenters. The van der Waals surface area contributed by atoms with Crippen LogP contribution < -0.4 is 5.32 Å². The smallest absolute Gasteiger partial charge is 0.239 e. The Hall–Kier alpha value is -0.980. The van der Waals surface area contributed by atoms with Crippen LogP contribution in [0.5, 0.6) is 0 Å². The minimum Gasteiger partial charge on any atom is -0.378 e. The van der Waals surface area contributed by atoms with Gasteiger partial charge in [0.25, 0.3) is 0 Å². The van der Waals surface area contributed by atoms with Crippen molar-refractivity contribution in [3.05, 3.63) is 16.1 Å². The number of carbonyl (C=O) groups is 1. The van der Waals surface area contributed by atoms with Crippen LogP contribution in [0.15, 0.2) is 5.51 Å². The normalized spacial score (nSPS) is 19.2. The number of ether oxygens (including phenoxy) is 1. The van der Waals surface area contributed by atoms with Gasteiger partial charge in [0, 0.05) is 24.0 Å². The molecule has 1 N–H and O–H groups in total. The second-order valence-corrected chi connectivity index (χ2v) is 5.74. The van der Waals surface area contributed by atoms with Crippen LogP contribution in [0.2, 0.25) is 0 Å². The number of rotatable bonds is 4. The monoisotopic (exact) mass is 283 g/mol. The van der Waals surface area contributed by atoms with Gasteiger partial charge in [-0.1, -0.05) is 0 Å². The molecule has 1 aromatic heterocycles. The van der Waals surface area contributed by atoms with E-state index in [1.165, 1.54) is 4.88 Å². The molecule has 19 heavy (non-hydrogen) atoms. The number of hydrogen-bond acceptors (Lipinski definition) is 5. The summed E-state index contributed by atoms with van der Waals surface area (Å²) in [6.07, 6.45) is 0. The van der Waals surface area contributed by atoms with E-state index in [9.17, 15) is 4.79 Å². The first-order valence-corrected chi connectivity index (χ1v) is 7.50. The zero-order chi connectivity index (χ0) is 13.8. The lowest BCUT2D eigenvalue weighted by molar-refractivity contribution is -0.137. The van der Waals surface area contributed by atoms with E-state index >= 15 is 0 Å². The van der Waals surface area contributed by atoms with Crippen molar-refractivity contribution < 1.29 is 9.53 Å². The molecule has 2 atom stereocenters. The minimum atomic E-state index is -0.186. The predicted octanol–water partition coefficient (Wildman–Crippen LogP) is 1.35. The van der Waals surface area contributed by atoms with Gasteiger partial charge in [0.2, 0.25) is 5.91 Å². The first kappa shape index (κ1) is 14.4. The summed E-state index contributed by atoms with van der Waals surface area (Å²) < 4.78 is 5.26. The second-order valence-electron chi connectivity index (χ2n) is 4.85. The van der Waals surface area contributed by atoms with E-state index in [0.717, 1.165) is 5.69 Å². The van der Waals surface area contributed by atoms with E-state index in [2.05, 4.69) is 17.2 Å². The number of carbonyl (C=O) groups excluding carboxylic acids is 1. The van der Waals surface area contributed by atoms with Crippen LogP contribution in [-0.4, -0.2) is 48.1 Å². The number of thiazole rings is 1. The molecule has 106 valence electrons. The molecule has 1 aromatic rings. The average Bonchev–Trinajstić information content (AvgIpc) is 2.85. The molecule has 0 bridgehead atoms. The maximum atomic E-state index is 12.3. The van der Waals surface area contributed by atoms with Gasteiger partial charge in [-0.05, 0) is 20.8 Å². The summed E-state index contributed by atoms with van der Waals surface area (Å²) in [6, 6.07) is -0.0397. The second kappa shape index (κ2) is 6.45. The molecule has 1 aliphatic rings. The van der Waals surface area contributed by atoms with E-state index in [0.29, 0.717) is 26.3 Å². The fraction of sp³-hybridized carbons (Fsp3) is 0.692. The van der Waals surface area contributed by atoms with Gasteiger partial charge in [-0.3, -0.25) is 10.1 Å². The SMILES string of the molecule is Cc1ncsc1C(C)NC(C)C(=O)N1CCOCC1. The first-order chi connectivity index (χ1) is 9.09. The van der Waals surface area contributed by atoms with E-state index in [-0.39, 0.29) is 18.0 Å². The van der Waals surface area contributed by atoms with E-state index in [4.69, 9.17) is 4.74 Å². The van der Waals surface area contributed by atoms with Crippen molar-refractivity contribution in [2.45, 2.75) is 32.9 Å². The van der Waals surface area contributed by atoms with Gasteiger partial charge in [-0.15, -0.1) is 11.3 Å². The molecule has 1 fully saturated rings. The molecule has 6 heteroatoms. The standard InChI is InChI=1S/C13H21N3O2S/c1-9-12(19-8-14-9)10(2)15-11(3)13(17)16-4-6-18-7-5-16/h8,10-11,15H,4-7H2,1-3H3. The molecule has 1 saturated heterocycles.